The molecule has 1 amide bonds. The van der Waals surface area contributed by atoms with E-state index in [2.05, 4.69) is 10.5 Å². The van der Waals surface area contributed by atoms with Crippen LogP contribution in [0.5, 0.6) is 0 Å². The highest BCUT2D eigenvalue weighted by molar-refractivity contribution is 6.06. The first-order valence-electron chi connectivity index (χ1n) is 5.95. The molecule has 0 spiro atoms. The van der Waals surface area contributed by atoms with Gasteiger partial charge in [-0.2, -0.15) is 0 Å². The van der Waals surface area contributed by atoms with Crippen molar-refractivity contribution in [3.05, 3.63) is 35.6 Å². The predicted molar refractivity (Wildman–Crippen MR) is 70.1 cm³/mol. The number of benzene rings is 1. The Hall–Kier alpha value is -2.11. The second kappa shape index (κ2) is 6.17. The molecule has 1 aromatic rings. The SMILES string of the molecule is CCC(C)(C(=O)NCc1ccccc1F)/C(N)=N/O. The third-order valence-electron chi connectivity index (χ3n) is 3.28. The number of rotatable bonds is 5. The summed E-state index contributed by atoms with van der Waals surface area (Å²) in [6, 6.07) is 6.17. The zero-order valence-electron chi connectivity index (χ0n) is 11.0. The Kier molecular flexibility index (Phi) is 4.86. The maximum absolute atomic E-state index is 13.4. The molecule has 1 aromatic carbocycles. The Bertz CT molecular complexity index is 491. The smallest absolute Gasteiger partial charge is 0.233 e. The fourth-order valence-electron chi connectivity index (χ4n) is 1.58. The fourth-order valence-corrected chi connectivity index (χ4v) is 1.58. The first kappa shape index (κ1) is 14.9. The number of hydrogen-bond acceptors (Lipinski definition) is 3. The number of amides is 1. The molecule has 4 N–H and O–H groups in total. The Balaban J connectivity index is 2.78. The molecule has 6 heteroatoms. The number of hydrogen-bond donors (Lipinski definition) is 3. The van der Waals surface area contributed by atoms with Crippen LogP contribution in [0.4, 0.5) is 4.39 Å². The number of carbonyl (C=O) groups excluding carboxylic acids is 1. The van der Waals surface area contributed by atoms with E-state index in [0.717, 1.165) is 0 Å². The van der Waals surface area contributed by atoms with Gasteiger partial charge in [0.15, 0.2) is 5.84 Å². The number of halogens is 1. The summed E-state index contributed by atoms with van der Waals surface area (Å²) < 4.78 is 13.4. The lowest BCUT2D eigenvalue weighted by Crippen LogP contribution is -2.47. The van der Waals surface area contributed by atoms with Crippen molar-refractivity contribution in [2.45, 2.75) is 26.8 Å². The van der Waals surface area contributed by atoms with Gasteiger partial charge in [-0.15, -0.1) is 0 Å². The fraction of sp³-hybridized carbons (Fsp3) is 0.385. The highest BCUT2D eigenvalue weighted by atomic mass is 19.1. The van der Waals surface area contributed by atoms with Crippen LogP contribution in [0.15, 0.2) is 29.4 Å². The topological polar surface area (TPSA) is 87.7 Å². The van der Waals surface area contributed by atoms with Gasteiger partial charge in [0.05, 0.1) is 0 Å². The van der Waals surface area contributed by atoms with Crippen LogP contribution in [0.2, 0.25) is 0 Å². The van der Waals surface area contributed by atoms with E-state index in [-0.39, 0.29) is 18.2 Å². The lowest BCUT2D eigenvalue weighted by molar-refractivity contribution is -0.127. The average molecular weight is 267 g/mol. The highest BCUT2D eigenvalue weighted by Gasteiger charge is 2.36. The van der Waals surface area contributed by atoms with Crippen LogP contribution in [0.1, 0.15) is 25.8 Å². The molecule has 0 heterocycles. The minimum atomic E-state index is -1.11. The molecule has 19 heavy (non-hydrogen) atoms. The zero-order chi connectivity index (χ0) is 14.5. The van der Waals surface area contributed by atoms with E-state index in [1.165, 1.54) is 6.07 Å². The van der Waals surface area contributed by atoms with E-state index in [0.29, 0.717) is 12.0 Å². The van der Waals surface area contributed by atoms with Crippen molar-refractivity contribution < 1.29 is 14.4 Å². The van der Waals surface area contributed by atoms with Gasteiger partial charge in [-0.05, 0) is 19.4 Å². The van der Waals surface area contributed by atoms with Crippen LogP contribution in [0, 0.1) is 11.2 Å². The molecule has 0 radical (unpaired) electrons. The van der Waals surface area contributed by atoms with Crippen LogP contribution >= 0.6 is 0 Å². The van der Waals surface area contributed by atoms with Crippen molar-refractivity contribution in [1.82, 2.24) is 5.32 Å². The second-order valence-electron chi connectivity index (χ2n) is 4.44. The number of carbonyl (C=O) groups is 1. The van der Waals surface area contributed by atoms with E-state index < -0.39 is 11.3 Å². The summed E-state index contributed by atoms with van der Waals surface area (Å²) in [4.78, 5) is 12.1. The molecule has 0 aliphatic rings. The van der Waals surface area contributed by atoms with Crippen molar-refractivity contribution in [3.8, 4) is 0 Å². The third-order valence-corrected chi connectivity index (χ3v) is 3.28. The molecule has 5 nitrogen and oxygen atoms in total. The van der Waals surface area contributed by atoms with Gasteiger partial charge in [0, 0.05) is 12.1 Å². The molecule has 1 unspecified atom stereocenters. The number of nitrogens with one attached hydrogen (secondary N) is 1. The summed E-state index contributed by atoms with van der Waals surface area (Å²) in [6.45, 7) is 3.37. The molecule has 0 aromatic heterocycles. The summed E-state index contributed by atoms with van der Waals surface area (Å²) in [5.74, 6) is -0.959. The normalized spacial score (nSPS) is 14.8. The molecule has 104 valence electrons. The largest absolute Gasteiger partial charge is 0.409 e. The van der Waals surface area contributed by atoms with Gasteiger partial charge < -0.3 is 16.3 Å². The van der Waals surface area contributed by atoms with E-state index in [1.54, 1.807) is 32.0 Å². The van der Waals surface area contributed by atoms with Crippen LogP contribution < -0.4 is 11.1 Å². The summed E-state index contributed by atoms with van der Waals surface area (Å²) in [7, 11) is 0. The van der Waals surface area contributed by atoms with E-state index >= 15 is 0 Å². The van der Waals surface area contributed by atoms with Gasteiger partial charge in [0.25, 0.3) is 0 Å². The molecule has 1 rings (SSSR count). The second-order valence-corrected chi connectivity index (χ2v) is 4.44. The van der Waals surface area contributed by atoms with Gasteiger partial charge in [0.1, 0.15) is 11.2 Å². The van der Waals surface area contributed by atoms with Crippen molar-refractivity contribution in [3.63, 3.8) is 0 Å². The average Bonchev–Trinajstić information content (AvgIpc) is 2.44. The lowest BCUT2D eigenvalue weighted by atomic mass is 9.85. The molecule has 0 saturated heterocycles. The van der Waals surface area contributed by atoms with Gasteiger partial charge in [-0.3, -0.25) is 4.79 Å². The van der Waals surface area contributed by atoms with Crippen LogP contribution in [-0.2, 0) is 11.3 Å². The molecule has 0 fully saturated rings. The summed E-state index contributed by atoms with van der Waals surface area (Å²) >= 11 is 0. The Morgan fingerprint density at radius 2 is 2.16 bits per heavy atom. The first-order chi connectivity index (χ1) is 8.95. The third kappa shape index (κ3) is 3.21. The van der Waals surface area contributed by atoms with E-state index in [4.69, 9.17) is 10.9 Å². The number of nitrogens with zero attached hydrogens (tertiary/aromatic N) is 1. The number of oxime groups is 1. The molecule has 0 aliphatic carbocycles. The number of nitrogens with two attached hydrogens (primary N) is 1. The van der Waals surface area contributed by atoms with Crippen molar-refractivity contribution in [2.75, 3.05) is 0 Å². The van der Waals surface area contributed by atoms with Crippen molar-refractivity contribution in [1.29, 1.82) is 0 Å². The Labute approximate surface area is 111 Å². The first-order valence-corrected chi connectivity index (χ1v) is 5.95. The minimum Gasteiger partial charge on any atom is -0.409 e. The van der Waals surface area contributed by atoms with Gasteiger partial charge in [-0.1, -0.05) is 30.3 Å². The van der Waals surface area contributed by atoms with Gasteiger partial charge >= 0.3 is 0 Å². The Morgan fingerprint density at radius 3 is 2.68 bits per heavy atom. The molecule has 0 aliphatic heterocycles. The molecule has 0 saturated carbocycles. The summed E-state index contributed by atoms with van der Waals surface area (Å²) in [5, 5.41) is 14.2. The van der Waals surface area contributed by atoms with Crippen LogP contribution in [-0.4, -0.2) is 17.0 Å². The molecule has 1 atom stereocenters. The van der Waals surface area contributed by atoms with Gasteiger partial charge in [0.2, 0.25) is 5.91 Å². The number of amidine groups is 1. The van der Waals surface area contributed by atoms with E-state index in [9.17, 15) is 9.18 Å². The molecular weight excluding hydrogens is 249 g/mol. The lowest BCUT2D eigenvalue weighted by Gasteiger charge is -2.25. The van der Waals surface area contributed by atoms with Crippen LogP contribution in [0.25, 0.3) is 0 Å². The molecule has 0 bridgehead atoms. The standard InChI is InChI=1S/C13H18FN3O2/c1-3-13(2,11(15)17-19)12(18)16-8-9-6-4-5-7-10(9)14/h4-7,19H,3,8H2,1-2H3,(H2,15,17)(H,16,18). The van der Waals surface area contributed by atoms with E-state index in [1.807, 2.05) is 0 Å². The summed E-state index contributed by atoms with van der Waals surface area (Å²) in [5.41, 5.74) is 4.80. The van der Waals surface area contributed by atoms with Crippen molar-refractivity contribution >= 4 is 11.7 Å². The quantitative estimate of drug-likeness (QED) is 0.328. The van der Waals surface area contributed by atoms with Gasteiger partial charge in [-0.25, -0.2) is 4.39 Å². The molecular formula is C13H18FN3O2. The maximum atomic E-state index is 13.4. The summed E-state index contributed by atoms with van der Waals surface area (Å²) in [6.07, 6.45) is 0.367. The zero-order valence-corrected chi connectivity index (χ0v) is 11.0. The minimum absolute atomic E-state index is 0.0554. The monoisotopic (exact) mass is 267 g/mol. The maximum Gasteiger partial charge on any atom is 0.233 e. The van der Waals surface area contributed by atoms with Crippen molar-refractivity contribution in [2.24, 2.45) is 16.3 Å². The Morgan fingerprint density at radius 1 is 1.53 bits per heavy atom. The van der Waals surface area contributed by atoms with Crippen LogP contribution in [0.3, 0.4) is 0 Å². The highest BCUT2D eigenvalue weighted by Crippen LogP contribution is 2.21. The predicted octanol–water partition coefficient (Wildman–Crippen LogP) is 1.60.